The van der Waals surface area contributed by atoms with Crippen molar-refractivity contribution in [3.05, 3.63) is 78.5 Å². The minimum absolute atomic E-state index is 0.0318. The van der Waals surface area contributed by atoms with E-state index in [1.807, 2.05) is 47.4 Å². The van der Waals surface area contributed by atoms with E-state index in [0.717, 1.165) is 48.2 Å². The number of sulfonamides is 1. The Bertz CT molecular complexity index is 1510. The van der Waals surface area contributed by atoms with Gasteiger partial charge in [0.1, 0.15) is 0 Å². The third-order valence-electron chi connectivity index (χ3n) is 6.28. The molecule has 0 unspecified atom stereocenters. The highest BCUT2D eigenvalue weighted by atomic mass is 32.2. The summed E-state index contributed by atoms with van der Waals surface area (Å²) in [7, 11) is -1.69. The van der Waals surface area contributed by atoms with E-state index >= 15 is 0 Å². The van der Waals surface area contributed by atoms with Crippen molar-refractivity contribution in [3.8, 4) is 11.1 Å². The SMILES string of the molecule is CN1CCN(C(=O)c2ccc(-c3cccc4cnc(Nc5ccc(S(N)(=O)=O)cc5)nc34)cc2)CC1. The van der Waals surface area contributed by atoms with Gasteiger partial charge in [-0.2, -0.15) is 0 Å². The molecule has 1 amide bonds. The van der Waals surface area contributed by atoms with Gasteiger partial charge in [0.2, 0.25) is 16.0 Å². The van der Waals surface area contributed by atoms with E-state index in [4.69, 9.17) is 10.1 Å². The number of nitrogens with two attached hydrogens (primary N) is 1. The van der Waals surface area contributed by atoms with Crippen LogP contribution in [0.25, 0.3) is 22.0 Å². The zero-order valence-corrected chi connectivity index (χ0v) is 20.6. The first-order valence-corrected chi connectivity index (χ1v) is 13.1. The van der Waals surface area contributed by atoms with Crippen LogP contribution in [0.1, 0.15) is 10.4 Å². The average molecular weight is 503 g/mol. The number of nitrogens with one attached hydrogen (secondary N) is 1. The number of anilines is 2. The number of piperazine rings is 1. The zero-order valence-electron chi connectivity index (χ0n) is 19.8. The highest BCUT2D eigenvalue weighted by molar-refractivity contribution is 7.89. The topological polar surface area (TPSA) is 122 Å². The van der Waals surface area contributed by atoms with Crippen molar-refractivity contribution in [2.45, 2.75) is 4.90 Å². The molecule has 4 aromatic rings. The second kappa shape index (κ2) is 9.65. The summed E-state index contributed by atoms with van der Waals surface area (Å²) >= 11 is 0. The van der Waals surface area contributed by atoms with Crippen molar-refractivity contribution in [2.24, 2.45) is 5.14 Å². The maximum Gasteiger partial charge on any atom is 0.253 e. The Morgan fingerprint density at radius 3 is 2.31 bits per heavy atom. The Hall–Kier alpha value is -3.86. The molecule has 0 spiro atoms. The minimum atomic E-state index is -3.76. The summed E-state index contributed by atoms with van der Waals surface area (Å²) < 4.78 is 23.0. The largest absolute Gasteiger partial charge is 0.336 e. The standard InChI is InChI=1S/C26H26N6O3S/c1-31-13-15-32(16-14-31)25(33)19-7-5-18(6-8-19)23-4-2-3-20-17-28-26(30-24(20)23)29-21-9-11-22(12-10-21)36(27,34)35/h2-12,17H,13-16H2,1H3,(H2,27,34,35)(H,28,29,30). The number of nitrogens with zero attached hydrogens (tertiary/aromatic N) is 4. The summed E-state index contributed by atoms with van der Waals surface area (Å²) in [4.78, 5) is 26.1. The number of hydrogen-bond donors (Lipinski definition) is 2. The molecule has 10 heteroatoms. The van der Waals surface area contributed by atoms with Gasteiger partial charge < -0.3 is 15.1 Å². The molecule has 1 aliphatic heterocycles. The van der Waals surface area contributed by atoms with Crippen molar-refractivity contribution < 1.29 is 13.2 Å². The minimum Gasteiger partial charge on any atom is -0.336 e. The smallest absolute Gasteiger partial charge is 0.253 e. The van der Waals surface area contributed by atoms with Crippen molar-refractivity contribution in [1.29, 1.82) is 0 Å². The summed E-state index contributed by atoms with van der Waals surface area (Å²) in [5.41, 5.74) is 3.92. The number of amides is 1. The molecule has 0 aliphatic carbocycles. The number of benzene rings is 3. The van der Waals surface area contributed by atoms with E-state index < -0.39 is 10.0 Å². The van der Waals surface area contributed by atoms with Gasteiger partial charge in [0.05, 0.1) is 10.4 Å². The van der Waals surface area contributed by atoms with Crippen molar-refractivity contribution >= 4 is 38.5 Å². The lowest BCUT2D eigenvalue weighted by molar-refractivity contribution is 0.0664. The molecule has 1 saturated heterocycles. The molecule has 3 aromatic carbocycles. The monoisotopic (exact) mass is 502 g/mol. The summed E-state index contributed by atoms with van der Waals surface area (Å²) in [5.74, 6) is 0.426. The number of rotatable bonds is 5. The van der Waals surface area contributed by atoms with Crippen molar-refractivity contribution in [1.82, 2.24) is 19.8 Å². The van der Waals surface area contributed by atoms with Crippen LogP contribution in [0.2, 0.25) is 0 Å². The molecule has 1 aliphatic rings. The Morgan fingerprint density at radius 2 is 1.64 bits per heavy atom. The molecular formula is C26H26N6O3S. The number of carbonyl (C=O) groups is 1. The zero-order chi connectivity index (χ0) is 25.3. The van der Waals surface area contributed by atoms with E-state index in [1.165, 1.54) is 12.1 Å². The number of likely N-dealkylation sites (N-methyl/N-ethyl adjacent to an activating group) is 1. The fraction of sp³-hybridized carbons (Fsp3) is 0.192. The van der Waals surface area contributed by atoms with Gasteiger partial charge in [-0.25, -0.2) is 23.5 Å². The fourth-order valence-electron chi connectivity index (χ4n) is 4.19. The van der Waals surface area contributed by atoms with E-state index in [2.05, 4.69) is 22.2 Å². The quantitative estimate of drug-likeness (QED) is 0.430. The van der Waals surface area contributed by atoms with Crippen LogP contribution in [0.15, 0.2) is 77.8 Å². The Balaban J connectivity index is 1.40. The molecule has 184 valence electrons. The van der Waals surface area contributed by atoms with Gasteiger partial charge in [0.15, 0.2) is 0 Å². The molecule has 1 fully saturated rings. The third-order valence-corrected chi connectivity index (χ3v) is 7.21. The van der Waals surface area contributed by atoms with Crippen LogP contribution in [-0.4, -0.2) is 67.3 Å². The van der Waals surface area contributed by atoms with Crippen LogP contribution in [0, 0.1) is 0 Å². The van der Waals surface area contributed by atoms with Crippen LogP contribution in [0.5, 0.6) is 0 Å². The molecule has 2 heterocycles. The molecule has 3 N–H and O–H groups in total. The number of aromatic nitrogens is 2. The summed E-state index contributed by atoms with van der Waals surface area (Å²) in [5, 5.41) is 9.15. The summed E-state index contributed by atoms with van der Waals surface area (Å²) in [6, 6.07) is 19.5. The summed E-state index contributed by atoms with van der Waals surface area (Å²) in [6.45, 7) is 3.23. The Morgan fingerprint density at radius 1 is 0.944 bits per heavy atom. The van der Waals surface area contributed by atoms with Gasteiger partial charge in [-0.3, -0.25) is 4.79 Å². The second-order valence-electron chi connectivity index (χ2n) is 8.80. The molecule has 0 atom stereocenters. The molecule has 5 rings (SSSR count). The lowest BCUT2D eigenvalue weighted by Crippen LogP contribution is -2.47. The van der Waals surface area contributed by atoms with E-state index in [0.29, 0.717) is 17.2 Å². The lowest BCUT2D eigenvalue weighted by Gasteiger charge is -2.32. The fourth-order valence-corrected chi connectivity index (χ4v) is 4.71. The number of carbonyl (C=O) groups excluding carboxylic acids is 1. The molecule has 1 aromatic heterocycles. The maximum atomic E-state index is 12.9. The maximum absolute atomic E-state index is 12.9. The first-order chi connectivity index (χ1) is 17.3. The molecular weight excluding hydrogens is 476 g/mol. The van der Waals surface area contributed by atoms with Crippen LogP contribution < -0.4 is 10.5 Å². The van der Waals surface area contributed by atoms with Crippen molar-refractivity contribution in [2.75, 3.05) is 38.5 Å². The molecule has 0 radical (unpaired) electrons. The summed E-state index contributed by atoms with van der Waals surface area (Å²) in [6.07, 6.45) is 1.73. The van der Waals surface area contributed by atoms with Crippen LogP contribution >= 0.6 is 0 Å². The number of fused-ring (bicyclic) bond motifs is 1. The Labute approximate surface area is 209 Å². The highest BCUT2D eigenvalue weighted by Crippen LogP contribution is 2.29. The number of para-hydroxylation sites is 1. The predicted octanol–water partition coefficient (Wildman–Crippen LogP) is 3.08. The van der Waals surface area contributed by atoms with Gasteiger partial charge >= 0.3 is 0 Å². The van der Waals surface area contributed by atoms with Gasteiger partial charge in [-0.1, -0.05) is 30.3 Å². The first kappa shape index (κ1) is 23.9. The van der Waals surface area contributed by atoms with Crippen LogP contribution in [-0.2, 0) is 10.0 Å². The van der Waals surface area contributed by atoms with Crippen LogP contribution in [0.3, 0.4) is 0 Å². The molecule has 0 bridgehead atoms. The third kappa shape index (κ3) is 5.06. The average Bonchev–Trinajstić information content (AvgIpc) is 2.88. The number of hydrogen-bond acceptors (Lipinski definition) is 7. The number of primary sulfonamides is 1. The van der Waals surface area contributed by atoms with E-state index in [9.17, 15) is 13.2 Å². The highest BCUT2D eigenvalue weighted by Gasteiger charge is 2.20. The van der Waals surface area contributed by atoms with Crippen molar-refractivity contribution in [3.63, 3.8) is 0 Å². The van der Waals surface area contributed by atoms with Gasteiger partial charge in [-0.15, -0.1) is 0 Å². The van der Waals surface area contributed by atoms with Gasteiger partial charge in [0.25, 0.3) is 5.91 Å². The predicted molar refractivity (Wildman–Crippen MR) is 139 cm³/mol. The molecule has 0 saturated carbocycles. The van der Waals surface area contributed by atoms with E-state index in [1.54, 1.807) is 18.3 Å². The van der Waals surface area contributed by atoms with Gasteiger partial charge in [-0.05, 0) is 49.0 Å². The Kier molecular flexibility index (Phi) is 6.40. The first-order valence-electron chi connectivity index (χ1n) is 11.5. The van der Waals surface area contributed by atoms with Crippen LogP contribution in [0.4, 0.5) is 11.6 Å². The molecule has 9 nitrogen and oxygen atoms in total. The van der Waals surface area contributed by atoms with Gasteiger partial charge in [0, 0.05) is 54.6 Å². The van der Waals surface area contributed by atoms with E-state index in [-0.39, 0.29) is 10.8 Å². The normalized spacial score (nSPS) is 14.7. The lowest BCUT2D eigenvalue weighted by atomic mass is 10.0. The second-order valence-corrected chi connectivity index (χ2v) is 10.4. The molecule has 36 heavy (non-hydrogen) atoms.